The zero-order valence-electron chi connectivity index (χ0n) is 15.8. The molecule has 0 aromatic heterocycles. The molecule has 160 valence electrons. The average Bonchev–Trinajstić information content (AvgIpc) is 2.58. The van der Waals surface area contributed by atoms with E-state index in [1.54, 1.807) is 25.1 Å². The molecular formula is C21H18Cl2F3NO2S. The minimum atomic E-state index is -4.53. The lowest BCUT2D eigenvalue weighted by atomic mass is 9.96. The Morgan fingerprint density at radius 3 is 2.37 bits per heavy atom. The maximum absolute atomic E-state index is 13.6. The van der Waals surface area contributed by atoms with E-state index < -0.39 is 23.3 Å². The summed E-state index contributed by atoms with van der Waals surface area (Å²) in [6.45, 7) is 1.71. The van der Waals surface area contributed by atoms with Crippen LogP contribution in [-0.2, 0) is 11.2 Å². The van der Waals surface area contributed by atoms with Crippen LogP contribution in [0.25, 0.3) is 6.08 Å². The number of allylic oxidation sites excluding steroid dienone is 1. The molecule has 3 nitrogen and oxygen atoms in total. The van der Waals surface area contributed by atoms with E-state index in [1.807, 2.05) is 0 Å². The molecule has 9 heteroatoms. The summed E-state index contributed by atoms with van der Waals surface area (Å²) in [5.41, 5.74) is 1.53. The first-order chi connectivity index (χ1) is 14.0. The fourth-order valence-electron chi connectivity index (χ4n) is 3.16. The average molecular weight is 476 g/mol. The van der Waals surface area contributed by atoms with Crippen LogP contribution in [0, 0.1) is 6.92 Å². The van der Waals surface area contributed by atoms with Gasteiger partial charge in [0, 0.05) is 15.6 Å². The Kier molecular flexibility index (Phi) is 7.07. The SMILES string of the molecule is Cc1cc(/C=C/[C@@H](c2cc(Cl)cc(Cl)c2)C(F)(F)F)ccc1C(=O)N[C@H]1C[S@@+]([O-])C1. The Hall–Kier alpha value is -1.67. The van der Waals surface area contributed by atoms with Gasteiger partial charge in [-0.05, 0) is 59.1 Å². The molecule has 30 heavy (non-hydrogen) atoms. The fourth-order valence-corrected chi connectivity index (χ4v) is 4.67. The molecule has 2 aromatic carbocycles. The number of amides is 1. The van der Waals surface area contributed by atoms with E-state index in [0.29, 0.717) is 28.2 Å². The van der Waals surface area contributed by atoms with Gasteiger partial charge in [0.25, 0.3) is 5.91 Å². The van der Waals surface area contributed by atoms with Gasteiger partial charge in [-0.25, -0.2) is 0 Å². The number of benzene rings is 2. The van der Waals surface area contributed by atoms with Gasteiger partial charge in [-0.15, -0.1) is 0 Å². The number of nitrogens with one attached hydrogen (secondary N) is 1. The largest absolute Gasteiger partial charge is 0.616 e. The van der Waals surface area contributed by atoms with Gasteiger partial charge in [0.1, 0.15) is 17.5 Å². The first kappa shape index (κ1) is 23.0. The number of aryl methyl sites for hydroxylation is 1. The maximum atomic E-state index is 13.6. The van der Waals surface area contributed by atoms with Crippen molar-refractivity contribution in [2.45, 2.75) is 25.1 Å². The summed E-state index contributed by atoms with van der Waals surface area (Å²) in [4.78, 5) is 12.3. The third-order valence-electron chi connectivity index (χ3n) is 4.68. The smallest absolute Gasteiger partial charge is 0.399 e. The monoisotopic (exact) mass is 475 g/mol. The molecule has 1 N–H and O–H groups in total. The number of hydrogen-bond acceptors (Lipinski definition) is 2. The normalized spacial score (nSPS) is 20.1. The van der Waals surface area contributed by atoms with Gasteiger partial charge in [-0.1, -0.05) is 47.5 Å². The van der Waals surface area contributed by atoms with Crippen molar-refractivity contribution in [3.8, 4) is 0 Å². The van der Waals surface area contributed by atoms with Gasteiger partial charge in [0.15, 0.2) is 0 Å². The number of halogens is 5. The fraction of sp³-hybridized carbons (Fsp3) is 0.286. The van der Waals surface area contributed by atoms with Crippen molar-refractivity contribution >= 4 is 46.4 Å². The number of hydrogen-bond donors (Lipinski definition) is 1. The Labute approximate surface area is 185 Å². The highest BCUT2D eigenvalue weighted by Crippen LogP contribution is 2.38. The Bertz CT molecular complexity index is 955. The summed E-state index contributed by atoms with van der Waals surface area (Å²) in [7, 11) is 0. The van der Waals surface area contributed by atoms with Gasteiger partial charge < -0.3 is 9.87 Å². The lowest BCUT2D eigenvalue weighted by Gasteiger charge is -2.29. The summed E-state index contributed by atoms with van der Waals surface area (Å²) in [5, 5.41) is 3.05. The standard InChI is InChI=1S/C21H18Cl2F3NO2S/c1-12-6-13(2-4-18(12)20(28)27-17-10-30(29)11-17)3-5-19(21(24,25)26)14-7-15(22)9-16(23)8-14/h2-9,17,19H,10-11H2,1H3,(H,27,28)/b5-3+/t17-,19-,30+/m0/s1. The summed E-state index contributed by atoms with van der Waals surface area (Å²) in [6, 6.07) is 8.54. The molecule has 1 amide bonds. The molecule has 0 radical (unpaired) electrons. The van der Waals surface area contributed by atoms with Crippen LogP contribution in [0.1, 0.15) is 33.0 Å². The second-order valence-electron chi connectivity index (χ2n) is 7.10. The van der Waals surface area contributed by atoms with Crippen molar-refractivity contribution in [2.75, 3.05) is 11.5 Å². The molecule has 2 aromatic rings. The van der Waals surface area contributed by atoms with E-state index >= 15 is 0 Å². The minimum Gasteiger partial charge on any atom is -0.616 e. The molecule has 1 aliphatic rings. The number of carbonyl (C=O) groups is 1. The minimum absolute atomic E-state index is 0.0538. The molecule has 1 fully saturated rings. The Balaban J connectivity index is 1.79. The molecular weight excluding hydrogens is 458 g/mol. The third kappa shape index (κ3) is 5.72. The van der Waals surface area contributed by atoms with E-state index in [2.05, 4.69) is 5.32 Å². The first-order valence-corrected chi connectivity index (χ1v) is 11.2. The Morgan fingerprint density at radius 1 is 1.20 bits per heavy atom. The van der Waals surface area contributed by atoms with Crippen LogP contribution in [0.15, 0.2) is 42.5 Å². The molecule has 0 bridgehead atoms. The van der Waals surface area contributed by atoms with Crippen LogP contribution in [0.4, 0.5) is 13.2 Å². The summed E-state index contributed by atoms with van der Waals surface area (Å²) in [5.74, 6) is -1.28. The van der Waals surface area contributed by atoms with Gasteiger partial charge in [0.2, 0.25) is 0 Å². The molecule has 0 unspecified atom stereocenters. The first-order valence-electron chi connectivity index (χ1n) is 9.00. The topological polar surface area (TPSA) is 52.2 Å². The van der Waals surface area contributed by atoms with Crippen molar-refractivity contribution in [2.24, 2.45) is 0 Å². The second-order valence-corrected chi connectivity index (χ2v) is 9.52. The van der Waals surface area contributed by atoms with Gasteiger partial charge in [0.05, 0.1) is 5.92 Å². The van der Waals surface area contributed by atoms with Gasteiger partial charge in [-0.2, -0.15) is 13.2 Å². The summed E-state index contributed by atoms with van der Waals surface area (Å²) in [6.07, 6.45) is -2.13. The lowest BCUT2D eigenvalue weighted by Crippen LogP contribution is -2.53. The lowest BCUT2D eigenvalue weighted by molar-refractivity contribution is -0.139. The number of alkyl halides is 3. The van der Waals surface area contributed by atoms with Crippen LogP contribution >= 0.6 is 23.2 Å². The van der Waals surface area contributed by atoms with Crippen molar-refractivity contribution in [1.82, 2.24) is 5.32 Å². The summed E-state index contributed by atoms with van der Waals surface area (Å²) < 4.78 is 51.9. The second kappa shape index (κ2) is 9.22. The van der Waals surface area contributed by atoms with Crippen molar-refractivity contribution in [1.29, 1.82) is 0 Å². The highest BCUT2D eigenvalue weighted by Gasteiger charge is 2.39. The van der Waals surface area contributed by atoms with Crippen LogP contribution in [-0.4, -0.2) is 34.2 Å². The van der Waals surface area contributed by atoms with E-state index in [0.717, 1.165) is 6.08 Å². The Morgan fingerprint density at radius 2 is 1.83 bits per heavy atom. The quantitative estimate of drug-likeness (QED) is 0.578. The molecule has 0 aliphatic carbocycles. The molecule has 3 rings (SSSR count). The molecule has 0 saturated carbocycles. The molecule has 1 saturated heterocycles. The zero-order valence-corrected chi connectivity index (χ0v) is 18.1. The molecule has 0 spiro atoms. The zero-order chi connectivity index (χ0) is 22.1. The van der Waals surface area contributed by atoms with Crippen LogP contribution < -0.4 is 5.32 Å². The van der Waals surface area contributed by atoms with Crippen molar-refractivity contribution < 1.29 is 22.5 Å². The molecule has 1 heterocycles. The van der Waals surface area contributed by atoms with E-state index in [1.165, 1.54) is 24.3 Å². The van der Waals surface area contributed by atoms with E-state index in [-0.39, 0.29) is 27.6 Å². The van der Waals surface area contributed by atoms with E-state index in [4.69, 9.17) is 23.2 Å². The number of carbonyl (C=O) groups excluding carboxylic acids is 1. The maximum Gasteiger partial charge on any atom is 0.399 e. The van der Waals surface area contributed by atoms with Crippen molar-refractivity contribution in [3.63, 3.8) is 0 Å². The van der Waals surface area contributed by atoms with Crippen LogP contribution in [0.3, 0.4) is 0 Å². The van der Waals surface area contributed by atoms with Gasteiger partial charge >= 0.3 is 6.18 Å². The molecule has 1 aliphatic heterocycles. The third-order valence-corrected chi connectivity index (χ3v) is 6.67. The van der Waals surface area contributed by atoms with Gasteiger partial charge in [-0.3, -0.25) is 4.79 Å². The molecule has 1 atom stereocenters. The van der Waals surface area contributed by atoms with E-state index in [9.17, 15) is 22.5 Å². The van der Waals surface area contributed by atoms with Crippen molar-refractivity contribution in [3.05, 3.63) is 74.8 Å². The predicted octanol–water partition coefficient (Wildman–Crippen LogP) is 5.52. The van der Waals surface area contributed by atoms with Crippen LogP contribution in [0.2, 0.25) is 10.0 Å². The summed E-state index contributed by atoms with van der Waals surface area (Å²) >= 11 is 10.8. The van der Waals surface area contributed by atoms with Crippen LogP contribution in [0.5, 0.6) is 0 Å². The predicted molar refractivity (Wildman–Crippen MR) is 115 cm³/mol. The highest BCUT2D eigenvalue weighted by molar-refractivity contribution is 7.92. The number of rotatable bonds is 5. The highest BCUT2D eigenvalue weighted by atomic mass is 35.5.